The summed E-state index contributed by atoms with van der Waals surface area (Å²) < 4.78 is 0. The molecule has 2 unspecified atom stereocenters. The standard InChI is InChI=1S/C20H25N3O/c1-14(2)12-16-13-19(23-22-16)20(24)21-18-11-7-6-10-17(18)15-8-4-3-5-9-15/h3-11,14,16,19,22-23H,12-13H2,1-2H3,(H,21,24). The lowest BCUT2D eigenvalue weighted by atomic mass is 9.99. The lowest BCUT2D eigenvalue weighted by Crippen LogP contribution is -2.40. The number of benzene rings is 2. The summed E-state index contributed by atoms with van der Waals surface area (Å²) in [5, 5.41) is 3.08. The fourth-order valence-corrected chi connectivity index (χ4v) is 3.20. The van der Waals surface area contributed by atoms with E-state index in [0.29, 0.717) is 12.0 Å². The Balaban J connectivity index is 1.70. The van der Waals surface area contributed by atoms with Crippen LogP contribution in [0.15, 0.2) is 54.6 Å². The van der Waals surface area contributed by atoms with Gasteiger partial charge in [-0.1, -0.05) is 62.4 Å². The molecular formula is C20H25N3O. The second kappa shape index (κ2) is 7.60. The molecule has 2 atom stereocenters. The highest BCUT2D eigenvalue weighted by Gasteiger charge is 2.29. The summed E-state index contributed by atoms with van der Waals surface area (Å²) in [6.45, 7) is 4.40. The number of hydrogen-bond donors (Lipinski definition) is 3. The van der Waals surface area contributed by atoms with Crippen LogP contribution in [0.2, 0.25) is 0 Å². The zero-order valence-corrected chi connectivity index (χ0v) is 14.3. The topological polar surface area (TPSA) is 53.2 Å². The van der Waals surface area contributed by atoms with Gasteiger partial charge < -0.3 is 5.32 Å². The molecule has 3 N–H and O–H groups in total. The molecule has 0 saturated carbocycles. The number of rotatable bonds is 5. The zero-order chi connectivity index (χ0) is 16.9. The Kier molecular flexibility index (Phi) is 5.28. The van der Waals surface area contributed by atoms with E-state index in [1.165, 1.54) is 0 Å². The summed E-state index contributed by atoms with van der Waals surface area (Å²) in [6, 6.07) is 18.2. The molecule has 4 nitrogen and oxygen atoms in total. The molecule has 0 spiro atoms. The maximum absolute atomic E-state index is 12.6. The smallest absolute Gasteiger partial charge is 0.242 e. The van der Waals surface area contributed by atoms with Crippen molar-refractivity contribution in [3.05, 3.63) is 54.6 Å². The number of nitrogens with one attached hydrogen (secondary N) is 3. The molecule has 1 saturated heterocycles. The number of anilines is 1. The second-order valence-corrected chi connectivity index (χ2v) is 6.80. The monoisotopic (exact) mass is 323 g/mol. The summed E-state index contributed by atoms with van der Waals surface area (Å²) in [7, 11) is 0. The summed E-state index contributed by atoms with van der Waals surface area (Å²) in [5.41, 5.74) is 9.36. The van der Waals surface area contributed by atoms with Gasteiger partial charge in [0.15, 0.2) is 0 Å². The number of carbonyl (C=O) groups is 1. The molecular weight excluding hydrogens is 298 g/mol. The Labute approximate surface area is 143 Å². The van der Waals surface area contributed by atoms with E-state index in [1.807, 2.05) is 42.5 Å². The van der Waals surface area contributed by atoms with Crippen molar-refractivity contribution >= 4 is 11.6 Å². The Hall–Kier alpha value is -2.17. The van der Waals surface area contributed by atoms with E-state index in [-0.39, 0.29) is 11.9 Å². The zero-order valence-electron chi connectivity index (χ0n) is 14.3. The lowest BCUT2D eigenvalue weighted by Gasteiger charge is -2.14. The van der Waals surface area contributed by atoms with Gasteiger partial charge in [0.25, 0.3) is 0 Å². The fraction of sp³-hybridized carbons (Fsp3) is 0.350. The van der Waals surface area contributed by atoms with E-state index < -0.39 is 0 Å². The first-order valence-electron chi connectivity index (χ1n) is 8.60. The normalized spacial score (nSPS) is 20.3. The van der Waals surface area contributed by atoms with Crippen LogP contribution in [0.1, 0.15) is 26.7 Å². The van der Waals surface area contributed by atoms with Crippen LogP contribution in [0.25, 0.3) is 11.1 Å². The quantitative estimate of drug-likeness (QED) is 0.788. The van der Waals surface area contributed by atoms with Crippen LogP contribution < -0.4 is 16.2 Å². The maximum Gasteiger partial charge on any atom is 0.242 e. The molecule has 0 aromatic heterocycles. The molecule has 1 amide bonds. The first-order chi connectivity index (χ1) is 11.6. The van der Waals surface area contributed by atoms with Crippen molar-refractivity contribution in [2.24, 2.45) is 5.92 Å². The van der Waals surface area contributed by atoms with Gasteiger partial charge in [-0.3, -0.25) is 10.2 Å². The van der Waals surface area contributed by atoms with Crippen LogP contribution >= 0.6 is 0 Å². The van der Waals surface area contributed by atoms with Gasteiger partial charge in [-0.2, -0.15) is 0 Å². The molecule has 24 heavy (non-hydrogen) atoms. The Bertz CT molecular complexity index is 684. The molecule has 0 bridgehead atoms. The lowest BCUT2D eigenvalue weighted by molar-refractivity contribution is -0.117. The number of para-hydroxylation sites is 1. The molecule has 0 radical (unpaired) electrons. The summed E-state index contributed by atoms with van der Waals surface area (Å²) in [5.74, 6) is 0.627. The molecule has 4 heteroatoms. The van der Waals surface area contributed by atoms with Crippen LogP contribution in [0.3, 0.4) is 0 Å². The molecule has 1 heterocycles. The first-order valence-corrected chi connectivity index (χ1v) is 8.60. The van der Waals surface area contributed by atoms with Crippen LogP contribution in [-0.4, -0.2) is 18.0 Å². The van der Waals surface area contributed by atoms with Crippen molar-refractivity contribution in [2.45, 2.75) is 38.8 Å². The third-order valence-electron chi connectivity index (χ3n) is 4.32. The van der Waals surface area contributed by atoms with Gasteiger partial charge >= 0.3 is 0 Å². The average Bonchev–Trinajstić information content (AvgIpc) is 3.04. The number of hydrogen-bond acceptors (Lipinski definition) is 3. The van der Waals surface area contributed by atoms with Crippen molar-refractivity contribution in [1.82, 2.24) is 10.9 Å². The SMILES string of the molecule is CC(C)CC1CC(C(=O)Nc2ccccc2-c2ccccc2)NN1. The number of hydrazine groups is 1. The van der Waals surface area contributed by atoms with Gasteiger partial charge in [0.2, 0.25) is 5.91 Å². The van der Waals surface area contributed by atoms with E-state index in [9.17, 15) is 4.79 Å². The minimum absolute atomic E-state index is 0.0112. The first kappa shape index (κ1) is 16.7. The third kappa shape index (κ3) is 4.02. The Morgan fingerprint density at radius 2 is 1.79 bits per heavy atom. The fourth-order valence-electron chi connectivity index (χ4n) is 3.20. The highest BCUT2D eigenvalue weighted by Crippen LogP contribution is 2.28. The molecule has 2 aromatic carbocycles. The van der Waals surface area contributed by atoms with E-state index in [2.05, 4.69) is 42.1 Å². The molecule has 126 valence electrons. The largest absolute Gasteiger partial charge is 0.324 e. The van der Waals surface area contributed by atoms with Gasteiger partial charge in [-0.25, -0.2) is 5.43 Å². The number of carbonyl (C=O) groups excluding carboxylic acids is 1. The number of amides is 1. The summed E-state index contributed by atoms with van der Waals surface area (Å²) in [6.07, 6.45) is 1.88. The van der Waals surface area contributed by atoms with Crippen molar-refractivity contribution in [1.29, 1.82) is 0 Å². The van der Waals surface area contributed by atoms with Crippen molar-refractivity contribution < 1.29 is 4.79 Å². The molecule has 1 aliphatic rings. The highest BCUT2D eigenvalue weighted by atomic mass is 16.2. The molecule has 1 aliphatic heterocycles. The van der Waals surface area contributed by atoms with Crippen molar-refractivity contribution in [3.63, 3.8) is 0 Å². The van der Waals surface area contributed by atoms with Crippen LogP contribution in [-0.2, 0) is 4.79 Å². The molecule has 0 aliphatic carbocycles. The molecule has 3 rings (SSSR count). The van der Waals surface area contributed by atoms with E-state index >= 15 is 0 Å². The van der Waals surface area contributed by atoms with E-state index in [4.69, 9.17) is 0 Å². The minimum Gasteiger partial charge on any atom is -0.324 e. The van der Waals surface area contributed by atoms with E-state index in [0.717, 1.165) is 29.7 Å². The van der Waals surface area contributed by atoms with Gasteiger partial charge in [0.1, 0.15) is 6.04 Å². The Morgan fingerprint density at radius 3 is 2.54 bits per heavy atom. The van der Waals surface area contributed by atoms with Crippen LogP contribution in [0, 0.1) is 5.92 Å². The predicted octanol–water partition coefficient (Wildman–Crippen LogP) is 3.57. The van der Waals surface area contributed by atoms with Gasteiger partial charge in [0.05, 0.1) is 0 Å². The molecule has 2 aromatic rings. The average molecular weight is 323 g/mol. The van der Waals surface area contributed by atoms with Gasteiger partial charge in [0, 0.05) is 17.3 Å². The van der Waals surface area contributed by atoms with E-state index in [1.54, 1.807) is 0 Å². The van der Waals surface area contributed by atoms with Gasteiger partial charge in [-0.05, 0) is 30.4 Å². The van der Waals surface area contributed by atoms with Gasteiger partial charge in [-0.15, -0.1) is 0 Å². The minimum atomic E-state index is -0.197. The highest BCUT2D eigenvalue weighted by molar-refractivity contribution is 5.98. The second-order valence-electron chi connectivity index (χ2n) is 6.80. The Morgan fingerprint density at radius 1 is 1.08 bits per heavy atom. The van der Waals surface area contributed by atoms with Crippen molar-refractivity contribution in [2.75, 3.05) is 5.32 Å². The summed E-state index contributed by atoms with van der Waals surface area (Å²) in [4.78, 5) is 12.6. The van der Waals surface area contributed by atoms with Crippen LogP contribution in [0.4, 0.5) is 5.69 Å². The van der Waals surface area contributed by atoms with Crippen LogP contribution in [0.5, 0.6) is 0 Å². The van der Waals surface area contributed by atoms with Crippen molar-refractivity contribution in [3.8, 4) is 11.1 Å². The predicted molar refractivity (Wildman–Crippen MR) is 98.4 cm³/mol. The summed E-state index contributed by atoms with van der Waals surface area (Å²) >= 11 is 0. The molecule has 1 fully saturated rings. The third-order valence-corrected chi connectivity index (χ3v) is 4.32. The maximum atomic E-state index is 12.6.